The molecule has 0 heterocycles. The molecule has 0 aliphatic heterocycles. The average molecular weight is 232 g/mol. The van der Waals surface area contributed by atoms with Crippen molar-refractivity contribution in [3.63, 3.8) is 0 Å². The van der Waals surface area contributed by atoms with Crippen LogP contribution in [0.2, 0.25) is 0 Å². The van der Waals surface area contributed by atoms with Crippen molar-refractivity contribution in [1.29, 1.82) is 0 Å². The minimum Gasteiger partial charge on any atom is -0.326 e. The van der Waals surface area contributed by atoms with Crippen molar-refractivity contribution in [2.24, 2.45) is 5.73 Å². The van der Waals surface area contributed by atoms with Crippen molar-refractivity contribution in [3.8, 4) is 0 Å². The van der Waals surface area contributed by atoms with Gasteiger partial charge < -0.3 is 5.73 Å². The van der Waals surface area contributed by atoms with E-state index in [2.05, 4.69) is 4.72 Å². The molecule has 0 radical (unpaired) electrons. The van der Waals surface area contributed by atoms with E-state index in [4.69, 9.17) is 5.73 Å². The van der Waals surface area contributed by atoms with E-state index in [0.29, 0.717) is 0 Å². The third-order valence-corrected chi connectivity index (χ3v) is 3.26. The second-order valence-electron chi connectivity index (χ2n) is 2.98. The van der Waals surface area contributed by atoms with E-state index in [1.807, 2.05) is 0 Å². The molecule has 0 bridgehead atoms. The summed E-state index contributed by atoms with van der Waals surface area (Å²) in [5.41, 5.74) is 5.72. The summed E-state index contributed by atoms with van der Waals surface area (Å²) in [7, 11) is -3.39. The first kappa shape index (κ1) is 11.9. The SMILES string of the molecule is CCS(=O)(=O)Nc1cccc(F)c1CN. The van der Waals surface area contributed by atoms with E-state index in [-0.39, 0.29) is 23.5 Å². The van der Waals surface area contributed by atoms with E-state index in [0.717, 1.165) is 0 Å². The van der Waals surface area contributed by atoms with Gasteiger partial charge in [-0.05, 0) is 19.1 Å². The Morgan fingerprint density at radius 2 is 2.13 bits per heavy atom. The Bertz CT molecular complexity index is 445. The van der Waals surface area contributed by atoms with Crippen LogP contribution in [0.5, 0.6) is 0 Å². The van der Waals surface area contributed by atoms with Crippen LogP contribution in [0.4, 0.5) is 10.1 Å². The largest absolute Gasteiger partial charge is 0.326 e. The Kier molecular flexibility index (Phi) is 3.65. The van der Waals surface area contributed by atoms with E-state index in [1.54, 1.807) is 0 Å². The van der Waals surface area contributed by atoms with Crippen LogP contribution >= 0.6 is 0 Å². The highest BCUT2D eigenvalue weighted by molar-refractivity contribution is 7.92. The van der Waals surface area contributed by atoms with Gasteiger partial charge in [-0.15, -0.1) is 0 Å². The lowest BCUT2D eigenvalue weighted by molar-refractivity contribution is 0.601. The highest BCUT2D eigenvalue weighted by Gasteiger charge is 2.12. The first-order valence-corrected chi connectivity index (χ1v) is 6.13. The number of rotatable bonds is 4. The van der Waals surface area contributed by atoms with Gasteiger partial charge in [-0.2, -0.15) is 0 Å². The Balaban J connectivity index is 3.10. The van der Waals surface area contributed by atoms with Crippen LogP contribution in [-0.2, 0) is 16.6 Å². The van der Waals surface area contributed by atoms with Crippen molar-refractivity contribution < 1.29 is 12.8 Å². The van der Waals surface area contributed by atoms with Gasteiger partial charge in [-0.3, -0.25) is 4.72 Å². The van der Waals surface area contributed by atoms with Crippen molar-refractivity contribution in [1.82, 2.24) is 0 Å². The van der Waals surface area contributed by atoms with Gasteiger partial charge in [0.25, 0.3) is 0 Å². The van der Waals surface area contributed by atoms with Gasteiger partial charge in [0, 0.05) is 12.1 Å². The highest BCUT2D eigenvalue weighted by Crippen LogP contribution is 2.19. The zero-order valence-electron chi connectivity index (χ0n) is 8.33. The minimum absolute atomic E-state index is 0.0474. The average Bonchev–Trinajstić information content (AvgIpc) is 2.18. The molecule has 6 heteroatoms. The van der Waals surface area contributed by atoms with Gasteiger partial charge in [-0.1, -0.05) is 6.07 Å². The number of halogens is 1. The Labute approximate surface area is 88.3 Å². The molecule has 0 atom stereocenters. The number of nitrogens with two attached hydrogens (primary N) is 1. The zero-order valence-corrected chi connectivity index (χ0v) is 9.14. The van der Waals surface area contributed by atoms with Gasteiger partial charge in [0.1, 0.15) is 5.82 Å². The first-order valence-electron chi connectivity index (χ1n) is 4.48. The maximum absolute atomic E-state index is 13.2. The Morgan fingerprint density at radius 1 is 1.47 bits per heavy atom. The lowest BCUT2D eigenvalue weighted by atomic mass is 10.2. The monoisotopic (exact) mass is 232 g/mol. The van der Waals surface area contributed by atoms with Crippen LogP contribution in [0.15, 0.2) is 18.2 Å². The smallest absolute Gasteiger partial charge is 0.232 e. The zero-order chi connectivity index (χ0) is 11.5. The highest BCUT2D eigenvalue weighted by atomic mass is 32.2. The van der Waals surface area contributed by atoms with E-state index >= 15 is 0 Å². The summed E-state index contributed by atoms with van der Waals surface area (Å²) in [6.07, 6.45) is 0. The quantitative estimate of drug-likeness (QED) is 0.815. The van der Waals surface area contributed by atoms with Gasteiger partial charge in [0.2, 0.25) is 10.0 Å². The third-order valence-electron chi connectivity index (χ3n) is 1.97. The summed E-state index contributed by atoms with van der Waals surface area (Å²) in [4.78, 5) is 0. The molecular weight excluding hydrogens is 219 g/mol. The molecule has 0 unspecified atom stereocenters. The summed E-state index contributed by atoms with van der Waals surface area (Å²) < 4.78 is 38.0. The fourth-order valence-corrected chi connectivity index (χ4v) is 1.77. The number of anilines is 1. The predicted octanol–water partition coefficient (Wildman–Crippen LogP) is 1.05. The van der Waals surface area contributed by atoms with Crippen LogP contribution in [0.25, 0.3) is 0 Å². The van der Waals surface area contributed by atoms with Gasteiger partial charge in [0.05, 0.1) is 11.4 Å². The molecule has 0 spiro atoms. The molecule has 0 fully saturated rings. The third kappa shape index (κ3) is 2.90. The molecule has 0 aliphatic carbocycles. The topological polar surface area (TPSA) is 72.2 Å². The standard InChI is InChI=1S/C9H13FN2O2S/c1-2-15(13,14)12-9-5-3-4-8(10)7(9)6-11/h3-5,12H,2,6,11H2,1H3. The van der Waals surface area contributed by atoms with Crippen LogP contribution in [-0.4, -0.2) is 14.2 Å². The predicted molar refractivity (Wildman–Crippen MR) is 57.4 cm³/mol. The van der Waals surface area contributed by atoms with E-state index in [1.165, 1.54) is 25.1 Å². The summed E-state index contributed by atoms with van der Waals surface area (Å²) >= 11 is 0. The number of benzene rings is 1. The maximum atomic E-state index is 13.2. The minimum atomic E-state index is -3.39. The summed E-state index contributed by atoms with van der Waals surface area (Å²) in [6, 6.07) is 4.16. The lowest BCUT2D eigenvalue weighted by Gasteiger charge is -2.10. The maximum Gasteiger partial charge on any atom is 0.232 e. The van der Waals surface area contributed by atoms with Crippen molar-refractivity contribution in [2.45, 2.75) is 13.5 Å². The van der Waals surface area contributed by atoms with Crippen molar-refractivity contribution in [2.75, 3.05) is 10.5 Å². The second kappa shape index (κ2) is 4.59. The summed E-state index contributed by atoms with van der Waals surface area (Å²) in [5.74, 6) is -0.568. The Hall–Kier alpha value is -1.14. The molecule has 0 amide bonds. The van der Waals surface area contributed by atoms with Crippen molar-refractivity contribution >= 4 is 15.7 Å². The van der Waals surface area contributed by atoms with Crippen LogP contribution in [0.1, 0.15) is 12.5 Å². The normalized spacial score (nSPS) is 11.4. The summed E-state index contributed by atoms with van der Waals surface area (Å²) in [6.45, 7) is 1.46. The second-order valence-corrected chi connectivity index (χ2v) is 4.99. The van der Waals surface area contributed by atoms with Gasteiger partial charge in [0.15, 0.2) is 0 Å². The van der Waals surface area contributed by atoms with Crippen LogP contribution in [0, 0.1) is 5.82 Å². The fourth-order valence-electron chi connectivity index (χ4n) is 1.10. The number of hydrogen-bond acceptors (Lipinski definition) is 3. The lowest BCUT2D eigenvalue weighted by Crippen LogP contribution is -2.17. The van der Waals surface area contributed by atoms with Crippen LogP contribution < -0.4 is 10.5 Å². The number of sulfonamides is 1. The number of hydrogen-bond donors (Lipinski definition) is 2. The summed E-state index contributed by atoms with van der Waals surface area (Å²) in [5, 5.41) is 0. The molecule has 1 rings (SSSR count). The molecule has 0 aliphatic rings. The molecule has 1 aromatic rings. The van der Waals surface area contributed by atoms with Gasteiger partial charge in [-0.25, -0.2) is 12.8 Å². The molecule has 15 heavy (non-hydrogen) atoms. The molecule has 0 saturated carbocycles. The first-order chi connectivity index (χ1) is 7.00. The molecule has 84 valence electrons. The molecule has 1 aromatic carbocycles. The van der Waals surface area contributed by atoms with Gasteiger partial charge >= 0.3 is 0 Å². The Morgan fingerprint density at radius 3 is 2.67 bits per heavy atom. The fraction of sp³-hybridized carbons (Fsp3) is 0.333. The van der Waals surface area contributed by atoms with E-state index < -0.39 is 15.8 Å². The molecule has 3 N–H and O–H groups in total. The number of nitrogens with one attached hydrogen (secondary N) is 1. The molecule has 0 aromatic heterocycles. The van der Waals surface area contributed by atoms with Crippen molar-refractivity contribution in [3.05, 3.63) is 29.6 Å². The van der Waals surface area contributed by atoms with Crippen LogP contribution in [0.3, 0.4) is 0 Å². The molecular formula is C9H13FN2O2S. The van der Waals surface area contributed by atoms with E-state index in [9.17, 15) is 12.8 Å². The molecule has 0 saturated heterocycles. The molecule has 4 nitrogen and oxygen atoms in total.